The van der Waals surface area contributed by atoms with Crippen molar-refractivity contribution < 1.29 is 19.1 Å². The first-order valence-electron chi connectivity index (χ1n) is 4.33. The first-order valence-corrected chi connectivity index (χ1v) is 4.33. The first-order chi connectivity index (χ1) is 6.65. The van der Waals surface area contributed by atoms with E-state index < -0.39 is 5.97 Å². The molecule has 0 saturated heterocycles. The Hall–Kier alpha value is -1.36. The van der Waals surface area contributed by atoms with Crippen LogP contribution in [0.25, 0.3) is 0 Å². The van der Waals surface area contributed by atoms with E-state index in [0.29, 0.717) is 18.6 Å². The Kier molecular flexibility index (Phi) is 3.64. The quantitative estimate of drug-likeness (QED) is 0.774. The number of rotatable bonds is 5. The molecule has 1 heterocycles. The van der Waals surface area contributed by atoms with Crippen LogP contribution >= 0.6 is 0 Å². The highest BCUT2D eigenvalue weighted by Crippen LogP contribution is 2.11. The molecule has 1 unspecified atom stereocenters. The summed E-state index contributed by atoms with van der Waals surface area (Å²) in [6, 6.07) is 0. The predicted octanol–water partition coefficient (Wildman–Crippen LogP) is 1.34. The summed E-state index contributed by atoms with van der Waals surface area (Å²) in [6.07, 6.45) is 2.47. The number of aromatic nitrogens is 1. The van der Waals surface area contributed by atoms with Crippen molar-refractivity contribution in [2.45, 2.75) is 25.9 Å². The third-order valence-corrected chi connectivity index (χ3v) is 2.02. The first kappa shape index (κ1) is 10.7. The zero-order valence-corrected chi connectivity index (χ0v) is 8.19. The van der Waals surface area contributed by atoms with E-state index >= 15 is 0 Å². The fourth-order valence-corrected chi connectivity index (χ4v) is 1.07. The number of aryl methyl sites for hydroxylation is 1. The minimum atomic E-state index is -1.06. The number of carboxylic acids is 1. The number of carbonyl (C=O) groups is 1. The van der Waals surface area contributed by atoms with Crippen molar-refractivity contribution in [3.8, 4) is 0 Å². The van der Waals surface area contributed by atoms with Gasteiger partial charge in [0.25, 0.3) is 0 Å². The molecule has 1 N–H and O–H groups in total. The Balaban J connectivity index is 2.58. The highest BCUT2D eigenvalue weighted by Gasteiger charge is 2.15. The normalized spacial score (nSPS) is 12.7. The highest BCUT2D eigenvalue weighted by molar-refractivity contribution is 5.86. The zero-order valence-electron chi connectivity index (χ0n) is 8.19. The van der Waals surface area contributed by atoms with Gasteiger partial charge in [-0.25, -0.2) is 9.78 Å². The molecule has 0 spiro atoms. The monoisotopic (exact) mass is 199 g/mol. The molecular weight excluding hydrogens is 186 g/mol. The number of hydrogen-bond acceptors (Lipinski definition) is 4. The number of methoxy groups -OCH3 is 1. The molecule has 0 fully saturated rings. The maximum Gasteiger partial charge on any atom is 0.358 e. The summed E-state index contributed by atoms with van der Waals surface area (Å²) in [7, 11) is 1.61. The van der Waals surface area contributed by atoms with Crippen molar-refractivity contribution in [3.63, 3.8) is 0 Å². The molecule has 1 rings (SSSR count). The van der Waals surface area contributed by atoms with E-state index in [1.54, 1.807) is 7.11 Å². The molecule has 0 aliphatic heterocycles. The van der Waals surface area contributed by atoms with Gasteiger partial charge in [-0.3, -0.25) is 0 Å². The van der Waals surface area contributed by atoms with Crippen LogP contribution in [0.3, 0.4) is 0 Å². The molecule has 0 aliphatic rings. The fraction of sp³-hybridized carbons (Fsp3) is 0.556. The van der Waals surface area contributed by atoms with Crippen LogP contribution in [0.2, 0.25) is 0 Å². The number of aromatic carboxylic acids is 1. The Labute approximate surface area is 81.7 Å². The lowest BCUT2D eigenvalue weighted by Crippen LogP contribution is -2.08. The molecule has 0 amide bonds. The van der Waals surface area contributed by atoms with E-state index in [1.165, 1.54) is 0 Å². The van der Waals surface area contributed by atoms with Gasteiger partial charge in [0.1, 0.15) is 5.76 Å². The van der Waals surface area contributed by atoms with Gasteiger partial charge in [-0.2, -0.15) is 0 Å². The maximum atomic E-state index is 10.6. The Morgan fingerprint density at radius 1 is 1.79 bits per heavy atom. The van der Waals surface area contributed by atoms with Crippen molar-refractivity contribution in [3.05, 3.63) is 17.8 Å². The standard InChI is InChI=1S/C9H13NO4/c1-6(13-2)3-4-7-8(9(11)12)10-5-14-7/h5-6H,3-4H2,1-2H3,(H,11,12). The zero-order chi connectivity index (χ0) is 10.6. The summed E-state index contributed by atoms with van der Waals surface area (Å²) in [4.78, 5) is 14.3. The van der Waals surface area contributed by atoms with Gasteiger partial charge in [0.05, 0.1) is 6.10 Å². The minimum absolute atomic E-state index is 0.00620. The van der Waals surface area contributed by atoms with Gasteiger partial charge in [-0.05, 0) is 13.3 Å². The van der Waals surface area contributed by atoms with Gasteiger partial charge in [0, 0.05) is 13.5 Å². The molecular formula is C9H13NO4. The van der Waals surface area contributed by atoms with E-state index in [1.807, 2.05) is 6.92 Å². The lowest BCUT2D eigenvalue weighted by Gasteiger charge is -2.06. The van der Waals surface area contributed by atoms with E-state index in [2.05, 4.69) is 4.98 Å². The van der Waals surface area contributed by atoms with E-state index in [4.69, 9.17) is 14.3 Å². The predicted molar refractivity (Wildman–Crippen MR) is 48.3 cm³/mol. The molecule has 0 bridgehead atoms. The van der Waals surface area contributed by atoms with Crippen LogP contribution in [0.5, 0.6) is 0 Å². The number of hydrogen-bond donors (Lipinski definition) is 1. The second kappa shape index (κ2) is 4.76. The van der Waals surface area contributed by atoms with Crippen LogP contribution in [0, 0.1) is 0 Å². The van der Waals surface area contributed by atoms with Crippen LogP contribution in [0.1, 0.15) is 29.6 Å². The molecule has 0 saturated carbocycles. The molecule has 5 nitrogen and oxygen atoms in total. The summed E-state index contributed by atoms with van der Waals surface area (Å²) in [6.45, 7) is 1.91. The lowest BCUT2D eigenvalue weighted by molar-refractivity contribution is 0.0687. The third kappa shape index (κ3) is 2.56. The van der Waals surface area contributed by atoms with E-state index in [0.717, 1.165) is 6.39 Å². The lowest BCUT2D eigenvalue weighted by atomic mass is 10.1. The van der Waals surface area contributed by atoms with Gasteiger partial charge in [0.15, 0.2) is 12.1 Å². The molecule has 0 radical (unpaired) electrons. The van der Waals surface area contributed by atoms with Crippen LogP contribution in [-0.2, 0) is 11.2 Å². The summed E-state index contributed by atoms with van der Waals surface area (Å²) < 4.78 is 10.0. The van der Waals surface area contributed by atoms with Gasteiger partial charge >= 0.3 is 5.97 Å². The van der Waals surface area contributed by atoms with Crippen LogP contribution < -0.4 is 0 Å². The van der Waals surface area contributed by atoms with Crippen molar-refractivity contribution in [1.29, 1.82) is 0 Å². The minimum Gasteiger partial charge on any atom is -0.476 e. The second-order valence-electron chi connectivity index (χ2n) is 3.01. The Bertz CT molecular complexity index is 308. The average Bonchev–Trinajstić information content (AvgIpc) is 2.62. The average molecular weight is 199 g/mol. The molecule has 5 heteroatoms. The Morgan fingerprint density at radius 3 is 3.07 bits per heavy atom. The van der Waals surface area contributed by atoms with Crippen molar-refractivity contribution in [2.24, 2.45) is 0 Å². The molecule has 0 aromatic carbocycles. The molecule has 1 aromatic heterocycles. The van der Waals surface area contributed by atoms with Gasteiger partial charge < -0.3 is 14.3 Å². The topological polar surface area (TPSA) is 72.6 Å². The molecule has 0 aliphatic carbocycles. The SMILES string of the molecule is COC(C)CCc1ocnc1C(=O)O. The van der Waals surface area contributed by atoms with Gasteiger partial charge in [-0.1, -0.05) is 0 Å². The van der Waals surface area contributed by atoms with E-state index in [-0.39, 0.29) is 11.8 Å². The molecule has 1 aromatic rings. The summed E-state index contributed by atoms with van der Waals surface area (Å²) in [5.41, 5.74) is -0.00620. The Morgan fingerprint density at radius 2 is 2.50 bits per heavy atom. The van der Waals surface area contributed by atoms with Crippen molar-refractivity contribution >= 4 is 5.97 Å². The van der Waals surface area contributed by atoms with Gasteiger partial charge in [0.2, 0.25) is 0 Å². The van der Waals surface area contributed by atoms with Crippen LogP contribution in [-0.4, -0.2) is 29.3 Å². The smallest absolute Gasteiger partial charge is 0.358 e. The third-order valence-electron chi connectivity index (χ3n) is 2.02. The van der Waals surface area contributed by atoms with Gasteiger partial charge in [-0.15, -0.1) is 0 Å². The summed E-state index contributed by atoms with van der Waals surface area (Å²) >= 11 is 0. The molecule has 14 heavy (non-hydrogen) atoms. The second-order valence-corrected chi connectivity index (χ2v) is 3.01. The van der Waals surface area contributed by atoms with E-state index in [9.17, 15) is 4.79 Å². The number of nitrogens with zero attached hydrogens (tertiary/aromatic N) is 1. The number of carboxylic acid groups (broad SMARTS) is 1. The molecule has 1 atom stereocenters. The largest absolute Gasteiger partial charge is 0.476 e. The van der Waals surface area contributed by atoms with Crippen molar-refractivity contribution in [1.82, 2.24) is 4.98 Å². The summed E-state index contributed by atoms with van der Waals surface area (Å²) in [5, 5.41) is 8.72. The van der Waals surface area contributed by atoms with Crippen molar-refractivity contribution in [2.75, 3.05) is 7.11 Å². The highest BCUT2D eigenvalue weighted by atomic mass is 16.5. The van der Waals surface area contributed by atoms with Crippen LogP contribution in [0.15, 0.2) is 10.8 Å². The van der Waals surface area contributed by atoms with Crippen LogP contribution in [0.4, 0.5) is 0 Å². The number of oxazole rings is 1. The maximum absolute atomic E-state index is 10.6. The number of ether oxygens (including phenoxy) is 1. The summed E-state index contributed by atoms with van der Waals surface area (Å²) in [5.74, 6) is -0.653. The molecule has 78 valence electrons. The fourth-order valence-electron chi connectivity index (χ4n) is 1.07.